The summed E-state index contributed by atoms with van der Waals surface area (Å²) in [4.78, 5) is 14.8. The molecule has 2 rings (SSSR count). The van der Waals surface area contributed by atoms with Crippen LogP contribution in [0.1, 0.15) is 45.6 Å². The summed E-state index contributed by atoms with van der Waals surface area (Å²) in [6, 6.07) is 12.9. The van der Waals surface area contributed by atoms with Gasteiger partial charge < -0.3 is 19.5 Å². The summed E-state index contributed by atoms with van der Waals surface area (Å²) < 4.78 is 36.3. The highest BCUT2D eigenvalue weighted by molar-refractivity contribution is 7.93. The number of sulfone groups is 1. The van der Waals surface area contributed by atoms with Crippen LogP contribution in [0.4, 0.5) is 0 Å². The van der Waals surface area contributed by atoms with Gasteiger partial charge in [0, 0.05) is 13.0 Å². The number of likely N-dealkylation sites (N-methyl/N-ethyl adjacent to an activating group) is 1. The van der Waals surface area contributed by atoms with Crippen LogP contribution in [0, 0.1) is 0 Å². The Bertz CT molecular complexity index is 1000. The molecule has 0 aliphatic carbocycles. The number of carbonyl (C=O) groups is 1. The highest BCUT2D eigenvalue weighted by Crippen LogP contribution is 2.35. The molecule has 0 aromatic heterocycles. The Kier molecular flexibility index (Phi) is 10.4. The van der Waals surface area contributed by atoms with Crippen molar-refractivity contribution in [3.05, 3.63) is 54.1 Å². The number of hydrogen-bond donors (Lipinski definition) is 1. The first-order valence-electron chi connectivity index (χ1n) is 11.8. The summed E-state index contributed by atoms with van der Waals surface area (Å²) in [5, 5.41) is 10.2. The second-order valence-corrected chi connectivity index (χ2v) is 10.5. The van der Waals surface area contributed by atoms with E-state index in [9.17, 15) is 18.3 Å². The molecule has 1 N–H and O–H groups in total. The molecule has 8 heteroatoms. The molecule has 0 saturated carbocycles. The molecule has 2 aromatic rings. The molecule has 7 nitrogen and oxygen atoms in total. The molecular formula is C26H37NO6S. The van der Waals surface area contributed by atoms with Gasteiger partial charge >= 0.3 is 5.97 Å². The summed E-state index contributed by atoms with van der Waals surface area (Å²) in [6.45, 7) is 9.39. The van der Waals surface area contributed by atoms with Crippen molar-refractivity contribution in [2.24, 2.45) is 0 Å². The summed E-state index contributed by atoms with van der Waals surface area (Å²) in [7, 11) is -2.70. The Morgan fingerprint density at radius 1 is 0.971 bits per heavy atom. The SMILES string of the molecule is CCCCC(Cc1ccc(OCCN(CC)CC)cc1)(C(=O)O)S(=O)(=O)c1ccc(OC)cc1. The topological polar surface area (TPSA) is 93.1 Å². The maximum atomic E-state index is 13.7. The van der Waals surface area contributed by atoms with Gasteiger partial charge in [-0.05, 0) is 61.5 Å². The van der Waals surface area contributed by atoms with Gasteiger partial charge in [0.2, 0.25) is 0 Å². The van der Waals surface area contributed by atoms with E-state index in [1.165, 1.54) is 31.4 Å². The van der Waals surface area contributed by atoms with Crippen LogP contribution in [0.2, 0.25) is 0 Å². The van der Waals surface area contributed by atoms with Crippen molar-refractivity contribution in [1.82, 2.24) is 4.90 Å². The van der Waals surface area contributed by atoms with Crippen LogP contribution >= 0.6 is 0 Å². The zero-order valence-corrected chi connectivity index (χ0v) is 21.4. The molecule has 1 unspecified atom stereocenters. The molecule has 0 heterocycles. The van der Waals surface area contributed by atoms with E-state index in [1.54, 1.807) is 24.3 Å². The Morgan fingerprint density at radius 3 is 2.06 bits per heavy atom. The van der Waals surface area contributed by atoms with Gasteiger partial charge in [0.15, 0.2) is 14.6 Å². The van der Waals surface area contributed by atoms with Crippen LogP contribution in [0.25, 0.3) is 0 Å². The molecule has 188 valence electrons. The summed E-state index contributed by atoms with van der Waals surface area (Å²) in [6.07, 6.45) is 1.06. The van der Waals surface area contributed by atoms with Crippen LogP contribution in [0.3, 0.4) is 0 Å². The maximum Gasteiger partial charge on any atom is 0.325 e. The second kappa shape index (κ2) is 12.8. The summed E-state index contributed by atoms with van der Waals surface area (Å²) in [5.74, 6) is -0.162. The van der Waals surface area contributed by atoms with E-state index >= 15 is 0 Å². The molecule has 1 atom stereocenters. The minimum absolute atomic E-state index is 0.0231. The van der Waals surface area contributed by atoms with Crippen molar-refractivity contribution in [2.45, 2.75) is 56.1 Å². The Hall–Kier alpha value is -2.58. The van der Waals surface area contributed by atoms with Crippen LogP contribution in [0.15, 0.2) is 53.4 Å². The van der Waals surface area contributed by atoms with Crippen LogP contribution in [-0.4, -0.2) is 62.5 Å². The quantitative estimate of drug-likeness (QED) is 0.393. The highest BCUT2D eigenvalue weighted by atomic mass is 32.2. The second-order valence-electron chi connectivity index (χ2n) is 8.28. The molecule has 0 spiro atoms. The van der Waals surface area contributed by atoms with Gasteiger partial charge in [-0.2, -0.15) is 0 Å². The van der Waals surface area contributed by atoms with Gasteiger partial charge in [-0.15, -0.1) is 0 Å². The lowest BCUT2D eigenvalue weighted by Gasteiger charge is -2.29. The predicted molar refractivity (Wildman–Crippen MR) is 134 cm³/mol. The minimum Gasteiger partial charge on any atom is -0.497 e. The number of unbranched alkanes of at least 4 members (excludes halogenated alkanes) is 1. The Morgan fingerprint density at radius 2 is 1.56 bits per heavy atom. The average Bonchev–Trinajstić information content (AvgIpc) is 2.85. The summed E-state index contributed by atoms with van der Waals surface area (Å²) in [5.41, 5.74) is 0.631. The lowest BCUT2D eigenvalue weighted by Crippen LogP contribution is -2.48. The number of hydrogen-bond acceptors (Lipinski definition) is 6. The molecule has 0 aliphatic heterocycles. The van der Waals surface area contributed by atoms with E-state index in [0.29, 0.717) is 36.5 Å². The lowest BCUT2D eigenvalue weighted by molar-refractivity contribution is -0.140. The molecule has 0 amide bonds. The minimum atomic E-state index is -4.19. The van der Waals surface area contributed by atoms with Crippen molar-refractivity contribution in [2.75, 3.05) is 33.4 Å². The van der Waals surface area contributed by atoms with E-state index in [1.807, 2.05) is 6.92 Å². The van der Waals surface area contributed by atoms with Gasteiger partial charge in [0.05, 0.1) is 12.0 Å². The number of nitrogens with zero attached hydrogens (tertiary/aromatic N) is 1. The number of carboxylic acids is 1. The van der Waals surface area contributed by atoms with Crippen LogP contribution in [0.5, 0.6) is 11.5 Å². The fourth-order valence-electron chi connectivity index (χ4n) is 3.92. The smallest absolute Gasteiger partial charge is 0.325 e. The number of benzene rings is 2. The van der Waals surface area contributed by atoms with Crippen molar-refractivity contribution in [1.29, 1.82) is 0 Å². The van der Waals surface area contributed by atoms with Crippen molar-refractivity contribution in [3.8, 4) is 11.5 Å². The fraction of sp³-hybridized carbons (Fsp3) is 0.500. The summed E-state index contributed by atoms with van der Waals surface area (Å²) >= 11 is 0. The van der Waals surface area contributed by atoms with Crippen LogP contribution < -0.4 is 9.47 Å². The third-order valence-corrected chi connectivity index (χ3v) is 8.64. The third-order valence-electron chi connectivity index (χ3n) is 6.19. The van der Waals surface area contributed by atoms with Gasteiger partial charge in [-0.25, -0.2) is 8.42 Å². The first-order valence-corrected chi connectivity index (χ1v) is 13.3. The highest BCUT2D eigenvalue weighted by Gasteiger charge is 2.51. The van der Waals surface area contributed by atoms with Gasteiger partial charge in [-0.3, -0.25) is 4.79 Å². The lowest BCUT2D eigenvalue weighted by atomic mass is 9.93. The maximum absolute atomic E-state index is 13.7. The van der Waals surface area contributed by atoms with Gasteiger partial charge in [-0.1, -0.05) is 45.7 Å². The molecule has 0 saturated heterocycles. The molecule has 34 heavy (non-hydrogen) atoms. The first kappa shape index (κ1) is 27.7. The van der Waals surface area contributed by atoms with E-state index in [0.717, 1.165) is 19.6 Å². The zero-order chi connectivity index (χ0) is 25.2. The van der Waals surface area contributed by atoms with E-state index in [4.69, 9.17) is 9.47 Å². The van der Waals surface area contributed by atoms with Crippen molar-refractivity contribution >= 4 is 15.8 Å². The average molecular weight is 492 g/mol. The molecule has 0 radical (unpaired) electrons. The Labute approximate surface area is 203 Å². The molecule has 0 bridgehead atoms. The molecule has 0 aliphatic rings. The largest absolute Gasteiger partial charge is 0.497 e. The van der Waals surface area contributed by atoms with Crippen molar-refractivity contribution < 1.29 is 27.8 Å². The monoisotopic (exact) mass is 491 g/mol. The van der Waals surface area contributed by atoms with E-state index in [-0.39, 0.29) is 17.7 Å². The number of methoxy groups -OCH3 is 1. The first-order chi connectivity index (χ1) is 16.2. The normalized spacial score (nSPS) is 13.4. The zero-order valence-electron chi connectivity index (χ0n) is 20.6. The standard InChI is InChI=1S/C26H37NO6S/c1-5-8-17-26(25(28)29,34(30,31)24-15-13-22(32-4)14-16-24)20-21-9-11-23(12-10-21)33-19-18-27(6-2)7-3/h9-16H,5-8,17-20H2,1-4H3,(H,28,29). The predicted octanol–water partition coefficient (Wildman–Crippen LogP) is 4.45. The van der Waals surface area contributed by atoms with Crippen molar-refractivity contribution in [3.63, 3.8) is 0 Å². The fourth-order valence-corrected chi connectivity index (χ4v) is 5.87. The third kappa shape index (κ3) is 6.51. The molecule has 2 aromatic carbocycles. The van der Waals surface area contributed by atoms with Gasteiger partial charge in [0.1, 0.15) is 18.1 Å². The molecule has 0 fully saturated rings. The van der Waals surface area contributed by atoms with E-state index in [2.05, 4.69) is 18.7 Å². The van der Waals surface area contributed by atoms with Gasteiger partial charge in [0.25, 0.3) is 0 Å². The number of rotatable bonds is 15. The number of carboxylic acid groups (broad SMARTS) is 1. The Balaban J connectivity index is 2.31. The van der Waals surface area contributed by atoms with Crippen LogP contribution in [-0.2, 0) is 21.1 Å². The number of ether oxygens (including phenoxy) is 2. The van der Waals surface area contributed by atoms with E-state index < -0.39 is 20.6 Å². The molecular weight excluding hydrogens is 454 g/mol. The number of aliphatic carboxylic acids is 1.